The number of benzene rings is 2. The SMILES string of the molecule is O=C1CCCC(O)C(N2C(=O)c3ccc(NS(=O)(=O)c4ccccc4OC(F)(F)F)cc3C2=O)CC1. The average Bonchev–Trinajstić information content (AvgIpc) is 3.02. The second kappa shape index (κ2) is 9.54. The first-order chi connectivity index (χ1) is 16.9. The van der Waals surface area contributed by atoms with Crippen molar-refractivity contribution in [1.82, 2.24) is 4.90 Å². The van der Waals surface area contributed by atoms with Crippen LogP contribution in [0, 0.1) is 0 Å². The number of anilines is 1. The highest BCUT2D eigenvalue weighted by Gasteiger charge is 2.43. The largest absolute Gasteiger partial charge is 0.573 e. The molecule has 36 heavy (non-hydrogen) atoms. The van der Waals surface area contributed by atoms with Gasteiger partial charge in [-0.1, -0.05) is 12.1 Å². The van der Waals surface area contributed by atoms with E-state index in [-0.39, 0.29) is 41.9 Å². The highest BCUT2D eigenvalue weighted by molar-refractivity contribution is 7.92. The zero-order chi connectivity index (χ0) is 26.3. The number of carbonyl (C=O) groups is 3. The second-order valence-electron chi connectivity index (χ2n) is 8.44. The van der Waals surface area contributed by atoms with Gasteiger partial charge in [0, 0.05) is 18.5 Å². The van der Waals surface area contributed by atoms with Crippen molar-refractivity contribution in [3.63, 3.8) is 0 Å². The summed E-state index contributed by atoms with van der Waals surface area (Å²) in [6, 6.07) is 6.73. The Labute approximate surface area is 203 Å². The molecule has 13 heteroatoms. The number of para-hydroxylation sites is 1. The maximum Gasteiger partial charge on any atom is 0.573 e. The topological polar surface area (TPSA) is 130 Å². The number of amides is 2. The van der Waals surface area contributed by atoms with Crippen molar-refractivity contribution in [3.05, 3.63) is 53.6 Å². The predicted molar refractivity (Wildman–Crippen MR) is 119 cm³/mol. The molecule has 2 amide bonds. The van der Waals surface area contributed by atoms with Crippen LogP contribution in [0.5, 0.6) is 5.75 Å². The molecule has 0 bridgehead atoms. The summed E-state index contributed by atoms with van der Waals surface area (Å²) in [6.45, 7) is 0. The monoisotopic (exact) mass is 526 g/mol. The highest BCUT2D eigenvalue weighted by atomic mass is 32.2. The van der Waals surface area contributed by atoms with Crippen LogP contribution < -0.4 is 9.46 Å². The van der Waals surface area contributed by atoms with E-state index < -0.39 is 51.0 Å². The van der Waals surface area contributed by atoms with Crippen molar-refractivity contribution in [3.8, 4) is 5.75 Å². The fourth-order valence-corrected chi connectivity index (χ4v) is 5.52. The molecule has 2 aromatic carbocycles. The van der Waals surface area contributed by atoms with Crippen molar-refractivity contribution < 1.29 is 45.8 Å². The Morgan fingerprint density at radius 1 is 0.972 bits per heavy atom. The number of aliphatic hydroxyl groups is 1. The predicted octanol–water partition coefficient (Wildman–Crippen LogP) is 3.24. The number of hydrogen-bond donors (Lipinski definition) is 2. The lowest BCUT2D eigenvalue weighted by Gasteiger charge is -2.31. The fourth-order valence-electron chi connectivity index (χ4n) is 4.34. The van der Waals surface area contributed by atoms with Crippen molar-refractivity contribution in [2.45, 2.75) is 55.5 Å². The van der Waals surface area contributed by atoms with Crippen molar-refractivity contribution in [2.75, 3.05) is 4.72 Å². The van der Waals surface area contributed by atoms with Gasteiger partial charge in [-0.15, -0.1) is 13.2 Å². The van der Waals surface area contributed by atoms with E-state index in [1.54, 1.807) is 0 Å². The molecule has 1 aliphatic carbocycles. The van der Waals surface area contributed by atoms with Crippen LogP contribution in [0.3, 0.4) is 0 Å². The van der Waals surface area contributed by atoms with E-state index in [1.165, 1.54) is 24.3 Å². The van der Waals surface area contributed by atoms with Crippen LogP contribution in [-0.4, -0.2) is 54.5 Å². The number of ketones is 1. The molecule has 0 aromatic heterocycles. The number of alkyl halides is 3. The summed E-state index contributed by atoms with van der Waals surface area (Å²) < 4.78 is 69.7. The van der Waals surface area contributed by atoms with Gasteiger partial charge < -0.3 is 9.84 Å². The lowest BCUT2D eigenvalue weighted by molar-refractivity contribution is -0.275. The Kier molecular flexibility index (Phi) is 6.80. The standard InChI is InChI=1S/C23H21F3N2O7S/c24-23(25,26)35-19-6-1-2-7-20(19)36(33,34)27-13-8-10-15-16(12-13)22(32)28(21(15)31)17-11-9-14(29)4-3-5-18(17)30/h1-2,6-8,10,12,17-18,27,30H,3-5,9,11H2. The van der Waals surface area contributed by atoms with Crippen molar-refractivity contribution in [2.24, 2.45) is 0 Å². The van der Waals surface area contributed by atoms with Crippen LogP contribution in [0.2, 0.25) is 0 Å². The summed E-state index contributed by atoms with van der Waals surface area (Å²) in [5.74, 6) is -2.43. The molecule has 1 saturated carbocycles. The lowest BCUT2D eigenvalue weighted by atomic mass is 9.92. The molecule has 0 saturated heterocycles. The summed E-state index contributed by atoms with van der Waals surface area (Å²) in [4.78, 5) is 38.1. The van der Waals surface area contributed by atoms with Crippen LogP contribution >= 0.6 is 0 Å². The summed E-state index contributed by atoms with van der Waals surface area (Å²) in [5.41, 5.74) is -0.336. The molecule has 1 heterocycles. The number of Topliss-reactive ketones (excluding diaryl/α,β-unsaturated/α-hetero) is 1. The van der Waals surface area contributed by atoms with Gasteiger partial charge >= 0.3 is 6.36 Å². The molecule has 0 radical (unpaired) electrons. The molecule has 1 fully saturated rings. The minimum absolute atomic E-state index is 0.0238. The third-order valence-corrected chi connectivity index (χ3v) is 7.41. The summed E-state index contributed by atoms with van der Waals surface area (Å²) in [7, 11) is -4.58. The molecule has 4 rings (SSSR count). The number of halogens is 3. The molecule has 2 unspecified atom stereocenters. The van der Waals surface area contributed by atoms with E-state index >= 15 is 0 Å². The quantitative estimate of drug-likeness (QED) is 0.572. The molecule has 1 aliphatic heterocycles. The molecule has 2 aliphatic rings. The molecule has 192 valence electrons. The van der Waals surface area contributed by atoms with E-state index in [2.05, 4.69) is 9.46 Å². The number of fused-ring (bicyclic) bond motifs is 1. The fraction of sp³-hybridized carbons (Fsp3) is 0.348. The highest BCUT2D eigenvalue weighted by Crippen LogP contribution is 2.34. The number of nitrogens with zero attached hydrogens (tertiary/aromatic N) is 1. The second-order valence-corrected chi connectivity index (χ2v) is 10.1. The summed E-state index contributed by atoms with van der Waals surface area (Å²) in [5, 5.41) is 10.5. The Bertz CT molecular complexity index is 1330. The van der Waals surface area contributed by atoms with Gasteiger partial charge in [0.15, 0.2) is 0 Å². The third kappa shape index (κ3) is 5.21. The maximum atomic E-state index is 13.1. The average molecular weight is 526 g/mol. The normalized spacial score (nSPS) is 21.1. The van der Waals surface area contributed by atoms with Crippen LogP contribution in [0.1, 0.15) is 52.8 Å². The Morgan fingerprint density at radius 2 is 1.67 bits per heavy atom. The number of nitrogens with one attached hydrogen (secondary N) is 1. The summed E-state index contributed by atoms with van der Waals surface area (Å²) >= 11 is 0. The smallest absolute Gasteiger partial charge is 0.404 e. The molecular formula is C23H21F3N2O7S. The third-order valence-electron chi connectivity index (χ3n) is 5.98. The number of sulfonamides is 1. The lowest BCUT2D eigenvalue weighted by Crippen LogP contribution is -2.47. The first-order valence-electron chi connectivity index (χ1n) is 11.0. The summed E-state index contributed by atoms with van der Waals surface area (Å²) in [6.07, 6.45) is -4.99. The van der Waals surface area contributed by atoms with Crippen LogP contribution in [0.4, 0.5) is 18.9 Å². The Hall–Kier alpha value is -3.45. The molecule has 9 nitrogen and oxygen atoms in total. The van der Waals surface area contributed by atoms with Gasteiger partial charge in [0.1, 0.15) is 16.4 Å². The number of rotatable bonds is 5. The van der Waals surface area contributed by atoms with Gasteiger partial charge in [-0.25, -0.2) is 8.42 Å². The van der Waals surface area contributed by atoms with Gasteiger partial charge in [0.05, 0.1) is 23.3 Å². The Morgan fingerprint density at radius 3 is 2.39 bits per heavy atom. The van der Waals surface area contributed by atoms with Gasteiger partial charge in [-0.3, -0.25) is 24.0 Å². The first kappa shape index (κ1) is 25.6. The molecule has 0 spiro atoms. The molecule has 2 atom stereocenters. The van der Waals surface area contributed by atoms with Gasteiger partial charge in [0.25, 0.3) is 21.8 Å². The van der Waals surface area contributed by atoms with Crippen LogP contribution in [0.15, 0.2) is 47.4 Å². The van der Waals surface area contributed by atoms with E-state index in [0.717, 1.165) is 23.1 Å². The first-order valence-corrected chi connectivity index (χ1v) is 12.4. The molecule has 2 N–H and O–H groups in total. The number of ether oxygens (including phenoxy) is 1. The molecule has 2 aromatic rings. The number of imide groups is 1. The van der Waals surface area contributed by atoms with Gasteiger partial charge in [-0.2, -0.15) is 0 Å². The maximum absolute atomic E-state index is 13.1. The van der Waals surface area contributed by atoms with E-state index in [0.29, 0.717) is 12.8 Å². The van der Waals surface area contributed by atoms with Gasteiger partial charge in [-0.05, 0) is 49.6 Å². The van der Waals surface area contributed by atoms with E-state index in [9.17, 15) is 41.1 Å². The number of carbonyl (C=O) groups excluding carboxylic acids is 3. The van der Waals surface area contributed by atoms with E-state index in [4.69, 9.17) is 0 Å². The van der Waals surface area contributed by atoms with Crippen LogP contribution in [-0.2, 0) is 14.8 Å². The number of aliphatic hydroxyl groups excluding tert-OH is 1. The zero-order valence-electron chi connectivity index (χ0n) is 18.6. The minimum atomic E-state index is -5.12. The molecular weight excluding hydrogens is 505 g/mol. The Balaban J connectivity index is 1.61. The van der Waals surface area contributed by atoms with E-state index in [1.807, 2.05) is 0 Å². The van der Waals surface area contributed by atoms with Crippen molar-refractivity contribution >= 4 is 33.3 Å². The number of hydrogen-bond acceptors (Lipinski definition) is 7. The zero-order valence-corrected chi connectivity index (χ0v) is 19.4. The van der Waals surface area contributed by atoms with Crippen molar-refractivity contribution in [1.29, 1.82) is 0 Å². The minimum Gasteiger partial charge on any atom is -0.404 e. The van der Waals surface area contributed by atoms with Gasteiger partial charge in [0.2, 0.25) is 0 Å². The van der Waals surface area contributed by atoms with Crippen LogP contribution in [0.25, 0.3) is 0 Å².